The average molecular weight is 346 g/mol. The summed E-state index contributed by atoms with van der Waals surface area (Å²) in [5.74, 6) is -1.63. The lowest BCUT2D eigenvalue weighted by Gasteiger charge is -2.25. The van der Waals surface area contributed by atoms with Crippen molar-refractivity contribution < 1.29 is 24.1 Å². The number of hydrogen-bond acceptors (Lipinski definition) is 6. The minimum Gasteiger partial charge on any atom is -0.361 e. The number of aromatic nitrogens is 1. The summed E-state index contributed by atoms with van der Waals surface area (Å²) >= 11 is 0. The molecular weight excluding hydrogens is 328 g/mol. The third kappa shape index (κ3) is 3.66. The molecule has 132 valence electrons. The first-order chi connectivity index (χ1) is 11.9. The maximum atomic E-state index is 12.5. The van der Waals surface area contributed by atoms with Crippen molar-refractivity contribution in [3.63, 3.8) is 0 Å². The number of likely N-dealkylation sites (N-methyl/N-ethyl adjacent to an activating group) is 2. The van der Waals surface area contributed by atoms with Crippen molar-refractivity contribution >= 4 is 17.7 Å². The predicted octanol–water partition coefficient (Wildman–Crippen LogP) is 0.342. The number of aryl methyl sites for hydroxylation is 1. The largest absolute Gasteiger partial charge is 0.361 e. The average Bonchev–Trinajstić information content (AvgIpc) is 3.06. The molecule has 2 aromatic rings. The first-order valence-electron chi connectivity index (χ1n) is 7.35. The number of amides is 3. The lowest BCUT2D eigenvalue weighted by Crippen LogP contribution is -2.54. The van der Waals surface area contributed by atoms with Gasteiger partial charge < -0.3 is 14.7 Å². The fourth-order valence-electron chi connectivity index (χ4n) is 2.36. The van der Waals surface area contributed by atoms with E-state index in [2.05, 4.69) is 10.5 Å². The summed E-state index contributed by atoms with van der Waals surface area (Å²) in [6, 6.07) is 5.06. The standard InChI is InChI=1S/C16H18N4O5/c1-9-12(8-18-25-9)10-4-6-11(7-5-10)16(23)20(3)13(14(21)17-2)15(22)19-24/h4-8,13,24H,1-3H3,(H,17,21)(H,19,22). The highest BCUT2D eigenvalue weighted by Gasteiger charge is 2.33. The van der Waals surface area contributed by atoms with E-state index in [4.69, 9.17) is 9.73 Å². The SMILES string of the molecule is CNC(=O)C(C(=O)NO)N(C)C(=O)c1ccc(-c2cnoc2C)cc1. The summed E-state index contributed by atoms with van der Waals surface area (Å²) in [5.41, 5.74) is 3.28. The van der Waals surface area contributed by atoms with Crippen molar-refractivity contribution in [3.05, 3.63) is 41.8 Å². The normalized spacial score (nSPS) is 11.5. The first-order valence-corrected chi connectivity index (χ1v) is 7.35. The number of nitrogens with zero attached hydrogens (tertiary/aromatic N) is 2. The monoisotopic (exact) mass is 346 g/mol. The van der Waals surface area contributed by atoms with Crippen molar-refractivity contribution in [1.82, 2.24) is 20.9 Å². The fraction of sp³-hybridized carbons (Fsp3) is 0.250. The van der Waals surface area contributed by atoms with Gasteiger partial charge in [0.1, 0.15) is 5.76 Å². The Morgan fingerprint density at radius 3 is 2.32 bits per heavy atom. The molecule has 0 spiro atoms. The van der Waals surface area contributed by atoms with Crippen LogP contribution >= 0.6 is 0 Å². The van der Waals surface area contributed by atoms with Crippen LogP contribution in [-0.4, -0.2) is 53.1 Å². The van der Waals surface area contributed by atoms with Gasteiger partial charge in [0.25, 0.3) is 17.7 Å². The number of nitrogens with one attached hydrogen (secondary N) is 2. The van der Waals surface area contributed by atoms with Gasteiger partial charge >= 0.3 is 0 Å². The van der Waals surface area contributed by atoms with Crippen LogP contribution in [0.1, 0.15) is 16.1 Å². The molecule has 0 aliphatic carbocycles. The molecule has 3 amide bonds. The number of carbonyl (C=O) groups is 3. The Morgan fingerprint density at radius 1 is 1.20 bits per heavy atom. The van der Waals surface area contributed by atoms with Crippen LogP contribution in [0.25, 0.3) is 11.1 Å². The zero-order chi connectivity index (χ0) is 18.6. The summed E-state index contributed by atoms with van der Waals surface area (Å²) in [4.78, 5) is 37.0. The van der Waals surface area contributed by atoms with Gasteiger partial charge in [-0.1, -0.05) is 17.3 Å². The van der Waals surface area contributed by atoms with E-state index in [0.29, 0.717) is 5.76 Å². The molecule has 0 aliphatic rings. The highest BCUT2D eigenvalue weighted by atomic mass is 16.5. The molecule has 9 heteroatoms. The Balaban J connectivity index is 2.25. The van der Waals surface area contributed by atoms with Crippen molar-refractivity contribution in [2.24, 2.45) is 0 Å². The highest BCUT2D eigenvalue weighted by molar-refractivity contribution is 6.08. The Bertz CT molecular complexity index is 768. The minimum absolute atomic E-state index is 0.278. The van der Waals surface area contributed by atoms with Gasteiger partial charge in [0.05, 0.1) is 6.20 Å². The Morgan fingerprint density at radius 2 is 1.84 bits per heavy atom. The van der Waals surface area contributed by atoms with Gasteiger partial charge in [0, 0.05) is 25.2 Å². The molecule has 0 saturated carbocycles. The molecule has 1 heterocycles. The van der Waals surface area contributed by atoms with E-state index in [0.717, 1.165) is 16.0 Å². The second-order valence-corrected chi connectivity index (χ2v) is 5.28. The molecule has 0 fully saturated rings. The number of hydroxylamine groups is 1. The van der Waals surface area contributed by atoms with Gasteiger partial charge in [0.2, 0.25) is 0 Å². The van der Waals surface area contributed by atoms with Crippen LogP contribution in [0.5, 0.6) is 0 Å². The molecule has 1 aromatic heterocycles. The zero-order valence-electron chi connectivity index (χ0n) is 13.9. The first kappa shape index (κ1) is 18.1. The molecule has 0 aliphatic heterocycles. The lowest BCUT2D eigenvalue weighted by atomic mass is 10.0. The van der Waals surface area contributed by atoms with Crippen LogP contribution < -0.4 is 10.8 Å². The fourth-order valence-corrected chi connectivity index (χ4v) is 2.36. The van der Waals surface area contributed by atoms with E-state index in [-0.39, 0.29) is 5.56 Å². The molecule has 0 saturated heterocycles. The van der Waals surface area contributed by atoms with Gasteiger partial charge in [-0.15, -0.1) is 0 Å². The molecular formula is C16H18N4O5. The molecule has 1 aromatic carbocycles. The highest BCUT2D eigenvalue weighted by Crippen LogP contribution is 2.23. The summed E-state index contributed by atoms with van der Waals surface area (Å²) < 4.78 is 5.01. The van der Waals surface area contributed by atoms with E-state index >= 15 is 0 Å². The van der Waals surface area contributed by atoms with Gasteiger partial charge in [-0.3, -0.25) is 19.6 Å². The van der Waals surface area contributed by atoms with Gasteiger partial charge in [-0.05, 0) is 24.6 Å². The summed E-state index contributed by atoms with van der Waals surface area (Å²) in [6.45, 7) is 1.77. The molecule has 25 heavy (non-hydrogen) atoms. The molecule has 9 nitrogen and oxygen atoms in total. The van der Waals surface area contributed by atoms with E-state index < -0.39 is 23.8 Å². The summed E-state index contributed by atoms with van der Waals surface area (Å²) in [7, 11) is 2.63. The van der Waals surface area contributed by atoms with Crippen LogP contribution in [0.15, 0.2) is 35.0 Å². The van der Waals surface area contributed by atoms with Crippen LogP contribution in [0.4, 0.5) is 0 Å². The molecule has 1 unspecified atom stereocenters. The molecule has 1 atom stereocenters. The summed E-state index contributed by atoms with van der Waals surface area (Å²) in [5, 5.41) is 14.8. The molecule has 0 radical (unpaired) electrons. The summed E-state index contributed by atoms with van der Waals surface area (Å²) in [6.07, 6.45) is 1.57. The minimum atomic E-state index is -1.50. The third-order valence-corrected chi connectivity index (χ3v) is 3.75. The van der Waals surface area contributed by atoms with Crippen molar-refractivity contribution in [3.8, 4) is 11.1 Å². The molecule has 3 N–H and O–H groups in total. The topological polar surface area (TPSA) is 125 Å². The maximum absolute atomic E-state index is 12.5. The quantitative estimate of drug-likeness (QED) is 0.407. The van der Waals surface area contributed by atoms with Crippen molar-refractivity contribution in [2.45, 2.75) is 13.0 Å². The predicted molar refractivity (Wildman–Crippen MR) is 86.6 cm³/mol. The van der Waals surface area contributed by atoms with E-state index in [1.807, 2.05) is 0 Å². The Hall–Kier alpha value is -3.20. The van der Waals surface area contributed by atoms with E-state index in [1.165, 1.54) is 19.6 Å². The maximum Gasteiger partial charge on any atom is 0.275 e. The zero-order valence-corrected chi connectivity index (χ0v) is 13.9. The second kappa shape index (κ2) is 7.58. The van der Waals surface area contributed by atoms with Crippen LogP contribution in [0, 0.1) is 6.92 Å². The van der Waals surface area contributed by atoms with Gasteiger partial charge in [-0.25, -0.2) is 5.48 Å². The Kier molecular flexibility index (Phi) is 5.50. The number of benzene rings is 1. The molecule has 2 rings (SSSR count). The molecule has 0 bridgehead atoms. The third-order valence-electron chi connectivity index (χ3n) is 3.75. The van der Waals surface area contributed by atoms with Crippen LogP contribution in [0.2, 0.25) is 0 Å². The lowest BCUT2D eigenvalue weighted by molar-refractivity contribution is -0.140. The van der Waals surface area contributed by atoms with E-state index in [1.54, 1.807) is 37.4 Å². The van der Waals surface area contributed by atoms with Crippen molar-refractivity contribution in [1.29, 1.82) is 0 Å². The Labute approximate surface area is 143 Å². The van der Waals surface area contributed by atoms with Crippen LogP contribution in [0.3, 0.4) is 0 Å². The second-order valence-electron chi connectivity index (χ2n) is 5.28. The van der Waals surface area contributed by atoms with Crippen molar-refractivity contribution in [2.75, 3.05) is 14.1 Å². The smallest absolute Gasteiger partial charge is 0.275 e. The van der Waals surface area contributed by atoms with Gasteiger partial charge in [0.15, 0.2) is 6.04 Å². The van der Waals surface area contributed by atoms with E-state index in [9.17, 15) is 14.4 Å². The van der Waals surface area contributed by atoms with Gasteiger partial charge in [-0.2, -0.15) is 0 Å². The number of carbonyl (C=O) groups excluding carboxylic acids is 3. The van der Waals surface area contributed by atoms with Crippen LogP contribution in [-0.2, 0) is 9.59 Å². The number of hydrogen-bond donors (Lipinski definition) is 3. The number of rotatable bonds is 5.